The van der Waals surface area contributed by atoms with E-state index in [1.807, 2.05) is 44.4 Å². The third kappa shape index (κ3) is 5.78. The van der Waals surface area contributed by atoms with E-state index in [4.69, 9.17) is 0 Å². The lowest BCUT2D eigenvalue weighted by Crippen LogP contribution is -2.29. The zero-order valence-electron chi connectivity index (χ0n) is 19.4. The van der Waals surface area contributed by atoms with Crippen LogP contribution in [-0.4, -0.2) is 32.3 Å². The molecule has 0 saturated heterocycles. The van der Waals surface area contributed by atoms with Gasteiger partial charge >= 0.3 is 0 Å². The summed E-state index contributed by atoms with van der Waals surface area (Å²) in [5.74, 6) is -0.538. The molecule has 1 unspecified atom stereocenters. The van der Waals surface area contributed by atoms with E-state index in [2.05, 4.69) is 20.8 Å². The molecule has 3 rings (SSSR count). The molecule has 0 radical (unpaired) electrons. The summed E-state index contributed by atoms with van der Waals surface area (Å²) in [5.41, 5.74) is 3.99. The normalized spacial score (nSPS) is 11.8. The topological polar surface area (TPSA) is 88.9 Å². The maximum Gasteiger partial charge on any atom is 0.254 e. The Morgan fingerprint density at radius 2 is 1.79 bits per heavy atom. The maximum absolute atomic E-state index is 13.9. The van der Waals surface area contributed by atoms with E-state index in [1.54, 1.807) is 13.0 Å². The number of rotatable bonds is 8. The van der Waals surface area contributed by atoms with Gasteiger partial charge in [-0.2, -0.15) is 0 Å². The zero-order chi connectivity index (χ0) is 24.1. The predicted octanol–water partition coefficient (Wildman–Crippen LogP) is 4.58. The number of hydrogen-bond acceptors (Lipinski definition) is 5. The van der Waals surface area contributed by atoms with Gasteiger partial charge in [-0.25, -0.2) is 4.39 Å². The smallest absolute Gasteiger partial charge is 0.254 e. The molecule has 2 N–H and O–H groups in total. The van der Waals surface area contributed by atoms with Crippen molar-refractivity contribution in [2.24, 2.45) is 0 Å². The molecule has 7 nitrogen and oxygen atoms in total. The van der Waals surface area contributed by atoms with Gasteiger partial charge in [-0.3, -0.25) is 9.59 Å². The number of carbonyl (C=O) groups is 2. The Morgan fingerprint density at radius 1 is 1.12 bits per heavy atom. The number of halogens is 1. The first-order valence-electron chi connectivity index (χ1n) is 10.7. The lowest BCUT2D eigenvalue weighted by Gasteiger charge is -2.15. The van der Waals surface area contributed by atoms with Crippen LogP contribution >= 0.6 is 11.8 Å². The molecular weight excluding hydrogens is 441 g/mol. The van der Waals surface area contributed by atoms with E-state index in [-0.39, 0.29) is 17.2 Å². The number of aromatic nitrogens is 3. The Hall–Kier alpha value is -3.20. The number of amides is 2. The third-order valence-corrected chi connectivity index (χ3v) is 6.16. The first-order valence-corrected chi connectivity index (χ1v) is 11.7. The first-order chi connectivity index (χ1) is 15.7. The van der Waals surface area contributed by atoms with Gasteiger partial charge in [0.1, 0.15) is 5.82 Å². The minimum atomic E-state index is -0.583. The van der Waals surface area contributed by atoms with Crippen LogP contribution in [0.3, 0.4) is 0 Å². The molecule has 0 bridgehead atoms. The van der Waals surface area contributed by atoms with E-state index < -0.39 is 17.8 Å². The van der Waals surface area contributed by atoms with Crippen molar-refractivity contribution in [3.63, 3.8) is 0 Å². The SMILES string of the molecule is CCn1c(SCC(=O)Nc2c(C)cc(C)cc2C)nnc1C(C)NC(=O)c1ccccc1F. The highest BCUT2D eigenvalue weighted by Crippen LogP contribution is 2.24. The number of nitrogens with zero attached hydrogens (tertiary/aromatic N) is 3. The fourth-order valence-electron chi connectivity index (χ4n) is 3.69. The molecule has 1 atom stereocenters. The van der Waals surface area contributed by atoms with Crippen LogP contribution in [0.4, 0.5) is 10.1 Å². The van der Waals surface area contributed by atoms with Gasteiger partial charge in [0, 0.05) is 12.2 Å². The van der Waals surface area contributed by atoms with Gasteiger partial charge in [-0.1, -0.05) is 41.6 Å². The van der Waals surface area contributed by atoms with Crippen LogP contribution < -0.4 is 10.6 Å². The van der Waals surface area contributed by atoms with Crippen LogP contribution in [0.5, 0.6) is 0 Å². The molecule has 1 aromatic heterocycles. The number of hydrogen-bond donors (Lipinski definition) is 2. The summed E-state index contributed by atoms with van der Waals surface area (Å²) in [7, 11) is 0. The van der Waals surface area contributed by atoms with Gasteiger partial charge in [-0.05, 0) is 57.9 Å². The molecule has 3 aromatic rings. The second kappa shape index (κ2) is 10.6. The average molecular weight is 470 g/mol. The second-order valence-electron chi connectivity index (χ2n) is 7.87. The van der Waals surface area contributed by atoms with E-state index in [1.165, 1.54) is 30.0 Å². The third-order valence-electron chi connectivity index (χ3n) is 5.19. The molecule has 0 fully saturated rings. The number of thioether (sulfide) groups is 1. The number of carbonyl (C=O) groups excluding carboxylic acids is 2. The number of nitrogens with one attached hydrogen (secondary N) is 2. The summed E-state index contributed by atoms with van der Waals surface area (Å²) in [6.07, 6.45) is 0. The number of benzene rings is 2. The summed E-state index contributed by atoms with van der Waals surface area (Å²) in [6.45, 7) is 10.2. The predicted molar refractivity (Wildman–Crippen MR) is 128 cm³/mol. The van der Waals surface area contributed by atoms with Crippen molar-refractivity contribution in [2.45, 2.75) is 52.4 Å². The highest BCUT2D eigenvalue weighted by molar-refractivity contribution is 7.99. The first kappa shape index (κ1) is 24.4. The molecule has 174 valence electrons. The van der Waals surface area contributed by atoms with Gasteiger partial charge < -0.3 is 15.2 Å². The summed E-state index contributed by atoms with van der Waals surface area (Å²) < 4.78 is 15.7. The molecule has 0 saturated carbocycles. The van der Waals surface area contributed by atoms with Crippen molar-refractivity contribution in [3.8, 4) is 0 Å². The van der Waals surface area contributed by atoms with Gasteiger partial charge in [0.2, 0.25) is 5.91 Å². The van der Waals surface area contributed by atoms with Crippen LogP contribution in [0.15, 0.2) is 41.6 Å². The Morgan fingerprint density at radius 3 is 2.42 bits per heavy atom. The summed E-state index contributed by atoms with van der Waals surface area (Å²) in [5, 5.41) is 14.7. The van der Waals surface area contributed by atoms with Crippen molar-refractivity contribution >= 4 is 29.3 Å². The highest BCUT2D eigenvalue weighted by Gasteiger charge is 2.21. The highest BCUT2D eigenvalue weighted by atomic mass is 32.2. The van der Waals surface area contributed by atoms with Gasteiger partial charge in [0.05, 0.1) is 17.4 Å². The standard InChI is InChI=1S/C24H28FN5O2S/c1-6-30-22(17(5)26-23(32)18-9-7-8-10-19(18)25)28-29-24(30)33-13-20(31)27-21-15(3)11-14(2)12-16(21)4/h7-12,17H,6,13H2,1-5H3,(H,26,32)(H,27,31). The fourth-order valence-corrected chi connectivity index (χ4v) is 4.50. The van der Waals surface area contributed by atoms with E-state index in [0.29, 0.717) is 17.5 Å². The molecule has 2 amide bonds. The van der Waals surface area contributed by atoms with Crippen molar-refractivity contribution < 1.29 is 14.0 Å². The van der Waals surface area contributed by atoms with Crippen molar-refractivity contribution in [2.75, 3.05) is 11.1 Å². The monoisotopic (exact) mass is 469 g/mol. The number of anilines is 1. The van der Waals surface area contributed by atoms with Crippen LogP contribution in [0.1, 0.15) is 52.8 Å². The Bertz CT molecular complexity index is 1150. The fraction of sp³-hybridized carbons (Fsp3) is 0.333. The summed E-state index contributed by atoms with van der Waals surface area (Å²) in [6, 6.07) is 9.39. The van der Waals surface area contributed by atoms with Crippen LogP contribution in [-0.2, 0) is 11.3 Å². The Balaban J connectivity index is 1.66. The molecule has 0 aliphatic rings. The Labute approximate surface area is 197 Å². The molecular formula is C24H28FN5O2S. The van der Waals surface area contributed by atoms with Crippen molar-refractivity contribution in [1.29, 1.82) is 0 Å². The molecule has 1 heterocycles. The summed E-state index contributed by atoms with van der Waals surface area (Å²) >= 11 is 1.27. The molecule has 2 aromatic carbocycles. The Kier molecular flexibility index (Phi) is 7.86. The van der Waals surface area contributed by atoms with Gasteiger partial charge in [0.15, 0.2) is 11.0 Å². The minimum absolute atomic E-state index is 0.0279. The molecule has 0 aliphatic carbocycles. The van der Waals surface area contributed by atoms with Crippen LogP contribution in [0.2, 0.25) is 0 Å². The second-order valence-corrected chi connectivity index (χ2v) is 8.81. The van der Waals surface area contributed by atoms with Crippen molar-refractivity contribution in [1.82, 2.24) is 20.1 Å². The quantitative estimate of drug-likeness (QED) is 0.471. The average Bonchev–Trinajstić information content (AvgIpc) is 3.18. The molecule has 9 heteroatoms. The van der Waals surface area contributed by atoms with E-state index >= 15 is 0 Å². The summed E-state index contributed by atoms with van der Waals surface area (Å²) in [4.78, 5) is 25.0. The van der Waals surface area contributed by atoms with Crippen LogP contribution in [0, 0.1) is 26.6 Å². The molecule has 0 aliphatic heterocycles. The number of aryl methyl sites for hydroxylation is 3. The van der Waals surface area contributed by atoms with Gasteiger partial charge in [-0.15, -0.1) is 10.2 Å². The van der Waals surface area contributed by atoms with E-state index in [9.17, 15) is 14.0 Å². The largest absolute Gasteiger partial charge is 0.342 e. The van der Waals surface area contributed by atoms with Crippen molar-refractivity contribution in [3.05, 3.63) is 70.3 Å². The van der Waals surface area contributed by atoms with Crippen LogP contribution in [0.25, 0.3) is 0 Å². The lowest BCUT2D eigenvalue weighted by molar-refractivity contribution is -0.113. The lowest BCUT2D eigenvalue weighted by atomic mass is 10.1. The zero-order valence-corrected chi connectivity index (χ0v) is 20.2. The minimum Gasteiger partial charge on any atom is -0.342 e. The van der Waals surface area contributed by atoms with Gasteiger partial charge in [0.25, 0.3) is 5.91 Å². The molecule has 0 spiro atoms. The maximum atomic E-state index is 13.9. The van der Waals surface area contributed by atoms with E-state index in [0.717, 1.165) is 22.4 Å². The molecule has 33 heavy (non-hydrogen) atoms.